The molecule has 43 heavy (non-hydrogen) atoms. The van der Waals surface area contributed by atoms with E-state index in [0.29, 0.717) is 11.3 Å². The summed E-state index contributed by atoms with van der Waals surface area (Å²) in [6.07, 6.45) is 0.936. The summed E-state index contributed by atoms with van der Waals surface area (Å²) in [5.74, 6) is -2.11. The summed E-state index contributed by atoms with van der Waals surface area (Å²) in [5, 5.41) is 16.9. The van der Waals surface area contributed by atoms with Crippen LogP contribution in [0.4, 0.5) is 11.4 Å². The third kappa shape index (κ3) is 7.27. The van der Waals surface area contributed by atoms with Crippen molar-refractivity contribution >= 4 is 78.0 Å². The lowest BCUT2D eigenvalue weighted by molar-refractivity contribution is -0.128. The number of halogens is 2. The minimum Gasteiger partial charge on any atom is -0.496 e. The van der Waals surface area contributed by atoms with Gasteiger partial charge in [-0.25, -0.2) is 8.42 Å². The molecule has 3 amide bonds. The molecule has 3 aromatic carbocycles. The Kier molecular flexibility index (Phi) is 10.8. The van der Waals surface area contributed by atoms with Crippen LogP contribution in [0.25, 0.3) is 10.8 Å². The maximum Gasteiger partial charge on any atom is 0.251 e. The summed E-state index contributed by atoms with van der Waals surface area (Å²) in [5.41, 5.74) is 1.32. The van der Waals surface area contributed by atoms with Crippen molar-refractivity contribution in [2.24, 2.45) is 0 Å². The van der Waals surface area contributed by atoms with Crippen LogP contribution in [0, 0.1) is 11.3 Å². The molecule has 228 valence electrons. The fourth-order valence-corrected chi connectivity index (χ4v) is 5.92. The highest BCUT2D eigenvalue weighted by Crippen LogP contribution is 2.39. The molecule has 0 aliphatic carbocycles. The summed E-state index contributed by atoms with van der Waals surface area (Å²) in [6.45, 7) is 1.26. The first-order valence-corrected chi connectivity index (χ1v) is 15.8. The Morgan fingerprint density at radius 2 is 1.88 bits per heavy atom. The molecule has 0 bridgehead atoms. The second-order valence-corrected chi connectivity index (χ2v) is 13.0. The van der Waals surface area contributed by atoms with Gasteiger partial charge in [0, 0.05) is 16.3 Å². The van der Waals surface area contributed by atoms with Crippen molar-refractivity contribution in [1.29, 1.82) is 5.26 Å². The van der Waals surface area contributed by atoms with Gasteiger partial charge in [0.2, 0.25) is 11.8 Å². The van der Waals surface area contributed by atoms with Gasteiger partial charge >= 0.3 is 0 Å². The van der Waals surface area contributed by atoms with Crippen LogP contribution in [0.5, 0.6) is 5.75 Å². The number of fused-ring (bicyclic) bond motifs is 2. The van der Waals surface area contributed by atoms with Crippen molar-refractivity contribution < 1.29 is 27.5 Å². The van der Waals surface area contributed by atoms with E-state index in [0.717, 1.165) is 26.4 Å². The summed E-state index contributed by atoms with van der Waals surface area (Å²) in [6, 6.07) is 14.0. The second kappa shape index (κ2) is 13.7. The first-order chi connectivity index (χ1) is 19.9. The van der Waals surface area contributed by atoms with Crippen LogP contribution in [0.3, 0.4) is 0 Å². The van der Waals surface area contributed by atoms with Crippen molar-refractivity contribution in [1.82, 2.24) is 10.6 Å². The molecule has 3 aromatic rings. The predicted molar refractivity (Wildman–Crippen MR) is 170 cm³/mol. The molecule has 0 saturated carbocycles. The Bertz CT molecular complexity index is 1730. The number of methoxy groups -OCH3 is 1. The fraction of sp³-hybridized carbons (Fsp3) is 0.310. The van der Waals surface area contributed by atoms with Gasteiger partial charge in [-0.1, -0.05) is 28.1 Å². The Balaban J connectivity index is 0.00000506. The quantitative estimate of drug-likeness (QED) is 0.366. The molecular formula is C29H31BrClN5O6S. The first-order valence-electron chi connectivity index (χ1n) is 12.9. The van der Waals surface area contributed by atoms with Gasteiger partial charge in [0.15, 0.2) is 9.84 Å². The molecule has 0 spiro atoms. The topological polar surface area (TPSA) is 149 Å². The molecule has 0 saturated heterocycles. The van der Waals surface area contributed by atoms with Gasteiger partial charge < -0.3 is 25.2 Å². The highest BCUT2D eigenvalue weighted by Gasteiger charge is 2.38. The number of nitrogens with one attached hydrogen (secondary N) is 2. The van der Waals surface area contributed by atoms with E-state index in [1.54, 1.807) is 26.1 Å². The van der Waals surface area contributed by atoms with E-state index in [1.165, 1.54) is 24.1 Å². The number of ether oxygens (including phenoxy) is 1. The van der Waals surface area contributed by atoms with E-state index >= 15 is 0 Å². The molecule has 0 radical (unpaired) electrons. The van der Waals surface area contributed by atoms with Crippen LogP contribution in [0.2, 0.25) is 0 Å². The number of nitriles is 1. The third-order valence-corrected chi connectivity index (χ3v) is 8.52. The van der Waals surface area contributed by atoms with Crippen LogP contribution >= 0.6 is 28.3 Å². The Labute approximate surface area is 264 Å². The smallest absolute Gasteiger partial charge is 0.251 e. The lowest BCUT2D eigenvalue weighted by Crippen LogP contribution is -2.56. The largest absolute Gasteiger partial charge is 0.496 e. The van der Waals surface area contributed by atoms with E-state index in [4.69, 9.17) is 4.74 Å². The molecule has 0 aromatic heterocycles. The summed E-state index contributed by atoms with van der Waals surface area (Å²) in [4.78, 5) is 43.2. The van der Waals surface area contributed by atoms with Crippen LogP contribution in [0.1, 0.15) is 18.1 Å². The van der Waals surface area contributed by atoms with Gasteiger partial charge in [0.1, 0.15) is 17.5 Å². The van der Waals surface area contributed by atoms with Crippen LogP contribution in [-0.2, 0) is 30.8 Å². The van der Waals surface area contributed by atoms with Crippen molar-refractivity contribution in [2.75, 3.05) is 42.5 Å². The van der Waals surface area contributed by atoms with Gasteiger partial charge in [-0.2, -0.15) is 5.26 Å². The van der Waals surface area contributed by atoms with Crippen LogP contribution in [-0.4, -0.2) is 70.9 Å². The summed E-state index contributed by atoms with van der Waals surface area (Å²) in [7, 11) is -0.630. The van der Waals surface area contributed by atoms with E-state index in [-0.39, 0.29) is 42.4 Å². The third-order valence-electron chi connectivity index (χ3n) is 7.06. The van der Waals surface area contributed by atoms with Gasteiger partial charge in [-0.05, 0) is 61.1 Å². The number of benzene rings is 3. The average Bonchev–Trinajstić information content (AvgIpc) is 3.06. The van der Waals surface area contributed by atoms with Crippen LogP contribution in [0.15, 0.2) is 53.0 Å². The monoisotopic (exact) mass is 691 g/mol. The number of hydrogen-bond donors (Lipinski definition) is 2. The SMILES string of the molecule is CNC(C)C(=O)NC1CN(C(=O)CS(C)(=O)=O)c2cc(C#N)ccc2N(Cc2c(OC)ccc3c(Br)cccc23)C1=O.Cl. The lowest BCUT2D eigenvalue weighted by atomic mass is 10.0. The summed E-state index contributed by atoms with van der Waals surface area (Å²) >= 11 is 3.57. The minimum absolute atomic E-state index is 0. The number of hydrogen-bond acceptors (Lipinski definition) is 8. The minimum atomic E-state index is -3.75. The average molecular weight is 693 g/mol. The number of sulfone groups is 1. The number of nitrogens with zero attached hydrogens (tertiary/aromatic N) is 3. The van der Waals surface area contributed by atoms with E-state index in [2.05, 4.69) is 26.6 Å². The first kappa shape index (κ1) is 33.8. The number of carbonyl (C=O) groups excluding carboxylic acids is 3. The molecule has 2 N–H and O–H groups in total. The van der Waals surface area contributed by atoms with Gasteiger partial charge in [0.25, 0.3) is 5.91 Å². The Hall–Kier alpha value is -3.70. The molecule has 1 aliphatic rings. The van der Waals surface area contributed by atoms with Crippen molar-refractivity contribution in [3.05, 3.63) is 64.1 Å². The molecule has 2 atom stereocenters. The zero-order valence-corrected chi connectivity index (χ0v) is 27.1. The zero-order chi connectivity index (χ0) is 30.8. The second-order valence-electron chi connectivity index (χ2n) is 9.97. The molecule has 0 fully saturated rings. The van der Waals surface area contributed by atoms with Gasteiger partial charge in [-0.15, -0.1) is 12.4 Å². The number of anilines is 2. The standard InChI is InChI=1S/C29H30BrN5O6S.ClH/c1-17(32-2)28(37)33-23-15-34(27(36)16-42(4,39)40)25-12-18(13-31)8-10-24(25)35(29(23)38)14-21-19-6-5-7-22(30)20(19)9-11-26(21)41-3;/h5-12,17,23,32H,14-16H2,1-4H3,(H,33,37);1H. The molecule has 14 heteroatoms. The number of carbonyl (C=O) groups is 3. The van der Waals surface area contributed by atoms with Gasteiger partial charge in [0.05, 0.1) is 49.2 Å². The highest BCUT2D eigenvalue weighted by molar-refractivity contribution is 9.10. The molecule has 2 unspecified atom stereocenters. The van der Waals surface area contributed by atoms with E-state index < -0.39 is 45.4 Å². The van der Waals surface area contributed by atoms with E-state index in [9.17, 15) is 28.1 Å². The van der Waals surface area contributed by atoms with Crippen molar-refractivity contribution in [2.45, 2.75) is 25.6 Å². The van der Waals surface area contributed by atoms with Gasteiger partial charge in [-0.3, -0.25) is 14.4 Å². The Morgan fingerprint density at radius 1 is 1.16 bits per heavy atom. The fourth-order valence-electron chi connectivity index (χ4n) is 4.81. The maximum atomic E-state index is 14.3. The molecule has 1 aliphatic heterocycles. The molecular weight excluding hydrogens is 662 g/mol. The maximum absolute atomic E-state index is 14.3. The molecule has 1 heterocycles. The molecule has 4 rings (SSSR count). The van der Waals surface area contributed by atoms with E-state index in [1.807, 2.05) is 30.3 Å². The summed E-state index contributed by atoms with van der Waals surface area (Å²) < 4.78 is 30.7. The predicted octanol–water partition coefficient (Wildman–Crippen LogP) is 2.92. The lowest BCUT2D eigenvalue weighted by Gasteiger charge is -2.27. The van der Waals surface area contributed by atoms with Crippen molar-refractivity contribution in [3.63, 3.8) is 0 Å². The van der Waals surface area contributed by atoms with Crippen molar-refractivity contribution in [3.8, 4) is 11.8 Å². The number of amides is 3. The highest BCUT2D eigenvalue weighted by atomic mass is 79.9. The Morgan fingerprint density at radius 3 is 2.51 bits per heavy atom. The number of likely N-dealkylation sites (N-methyl/N-ethyl adjacent to an activating group) is 1. The number of rotatable bonds is 8. The van der Waals surface area contributed by atoms with Crippen LogP contribution < -0.4 is 25.2 Å². The normalized spacial score (nSPS) is 15.5. The zero-order valence-electron chi connectivity index (χ0n) is 23.9. The molecule has 11 nitrogen and oxygen atoms in total.